The lowest BCUT2D eigenvalue weighted by Gasteiger charge is -2.22. The first-order valence-electron chi connectivity index (χ1n) is 4.45. The first kappa shape index (κ1) is 10.1. The Morgan fingerprint density at radius 3 is 2.93 bits per heavy atom. The maximum absolute atomic E-state index is 13.6. The number of rotatable bonds is 1. The van der Waals surface area contributed by atoms with Crippen LogP contribution in [0.3, 0.4) is 0 Å². The molecule has 0 heterocycles. The molecule has 0 spiro atoms. The van der Waals surface area contributed by atoms with E-state index in [1.807, 2.05) is 0 Å². The molecule has 2 rings (SSSR count). The van der Waals surface area contributed by atoms with E-state index in [9.17, 15) is 9.50 Å². The lowest BCUT2D eigenvalue weighted by molar-refractivity contribution is 0.197. The second-order valence-electron chi connectivity index (χ2n) is 3.70. The van der Waals surface area contributed by atoms with Crippen molar-refractivity contribution in [3.8, 4) is 0 Å². The third kappa shape index (κ3) is 1.29. The summed E-state index contributed by atoms with van der Waals surface area (Å²) in [6.07, 6.45) is 1.20. The van der Waals surface area contributed by atoms with Crippen LogP contribution in [0, 0.1) is 5.82 Å². The summed E-state index contributed by atoms with van der Waals surface area (Å²) in [6.45, 7) is -0.138. The number of hydrogen-bond donors (Lipinski definition) is 2. The molecule has 0 aromatic heterocycles. The Bertz CT molecular complexity index is 383. The van der Waals surface area contributed by atoms with Crippen molar-refractivity contribution in [3.05, 3.63) is 33.5 Å². The molecule has 1 atom stereocenters. The van der Waals surface area contributed by atoms with Gasteiger partial charge in [0, 0.05) is 0 Å². The molecule has 0 fully saturated rings. The molecule has 0 saturated carbocycles. The molecule has 3 N–H and O–H groups in total. The molecule has 0 saturated heterocycles. The highest BCUT2D eigenvalue weighted by molar-refractivity contribution is 9.10. The Labute approximate surface area is 90.1 Å². The fourth-order valence-corrected chi connectivity index (χ4v) is 2.32. The summed E-state index contributed by atoms with van der Waals surface area (Å²) < 4.78 is 14.1. The zero-order valence-electron chi connectivity index (χ0n) is 7.56. The van der Waals surface area contributed by atoms with Crippen molar-refractivity contribution in [1.82, 2.24) is 0 Å². The van der Waals surface area contributed by atoms with Crippen molar-refractivity contribution >= 4 is 15.9 Å². The molecule has 76 valence electrons. The van der Waals surface area contributed by atoms with E-state index in [2.05, 4.69) is 15.9 Å². The Morgan fingerprint density at radius 2 is 2.29 bits per heavy atom. The molecular weight excluding hydrogens is 249 g/mol. The number of nitrogens with two attached hydrogens (primary N) is 1. The summed E-state index contributed by atoms with van der Waals surface area (Å²) in [4.78, 5) is 0. The number of aliphatic hydroxyl groups excluding tert-OH is 1. The third-order valence-corrected chi connectivity index (χ3v) is 3.45. The van der Waals surface area contributed by atoms with Crippen molar-refractivity contribution in [2.45, 2.75) is 18.4 Å². The average molecular weight is 260 g/mol. The molecule has 1 aliphatic carbocycles. The highest BCUT2D eigenvalue weighted by atomic mass is 79.9. The van der Waals surface area contributed by atoms with Gasteiger partial charge in [0.1, 0.15) is 5.82 Å². The van der Waals surface area contributed by atoms with Crippen molar-refractivity contribution in [2.24, 2.45) is 5.73 Å². The van der Waals surface area contributed by atoms with Gasteiger partial charge in [-0.2, -0.15) is 0 Å². The van der Waals surface area contributed by atoms with E-state index in [0.29, 0.717) is 22.9 Å². The van der Waals surface area contributed by atoms with Gasteiger partial charge in [-0.15, -0.1) is 0 Å². The normalized spacial score (nSPS) is 25.1. The molecule has 4 heteroatoms. The van der Waals surface area contributed by atoms with Crippen LogP contribution in [-0.2, 0) is 12.0 Å². The predicted molar refractivity (Wildman–Crippen MR) is 55.4 cm³/mol. The van der Waals surface area contributed by atoms with E-state index in [-0.39, 0.29) is 12.4 Å². The van der Waals surface area contributed by atoms with E-state index in [4.69, 9.17) is 5.73 Å². The largest absolute Gasteiger partial charge is 0.394 e. The first-order chi connectivity index (χ1) is 6.58. The fraction of sp³-hybridized carbons (Fsp3) is 0.400. The minimum absolute atomic E-state index is 0.138. The molecule has 0 bridgehead atoms. The minimum atomic E-state index is -0.753. The molecule has 1 aromatic carbocycles. The second-order valence-corrected chi connectivity index (χ2v) is 4.56. The number of halogens is 2. The van der Waals surface area contributed by atoms with Crippen LogP contribution < -0.4 is 5.73 Å². The van der Waals surface area contributed by atoms with Gasteiger partial charge in [0.15, 0.2) is 0 Å². The van der Waals surface area contributed by atoms with Gasteiger partial charge in [-0.1, -0.05) is 6.07 Å². The molecule has 2 nitrogen and oxygen atoms in total. The molecule has 1 aromatic rings. The summed E-state index contributed by atoms with van der Waals surface area (Å²) in [6, 6.07) is 3.42. The van der Waals surface area contributed by atoms with E-state index in [1.165, 1.54) is 0 Å². The predicted octanol–water partition coefficient (Wildman–Crippen LogP) is 1.68. The average Bonchev–Trinajstić information content (AvgIpc) is 2.52. The van der Waals surface area contributed by atoms with Crippen LogP contribution in [0.2, 0.25) is 0 Å². The summed E-state index contributed by atoms with van der Waals surface area (Å²) in [5.74, 6) is -0.247. The van der Waals surface area contributed by atoms with E-state index < -0.39 is 5.54 Å². The Balaban J connectivity index is 2.58. The van der Waals surface area contributed by atoms with Crippen LogP contribution in [0.5, 0.6) is 0 Å². The Hall–Kier alpha value is -0.450. The number of benzene rings is 1. The maximum atomic E-state index is 13.6. The highest BCUT2D eigenvalue weighted by Crippen LogP contribution is 2.37. The van der Waals surface area contributed by atoms with Gasteiger partial charge in [-0.25, -0.2) is 4.39 Å². The molecule has 1 aliphatic rings. The van der Waals surface area contributed by atoms with Crippen LogP contribution in [0.15, 0.2) is 16.6 Å². The summed E-state index contributed by atoms with van der Waals surface area (Å²) >= 11 is 3.13. The van der Waals surface area contributed by atoms with Gasteiger partial charge in [-0.05, 0) is 46.0 Å². The van der Waals surface area contributed by atoms with Crippen LogP contribution in [0.25, 0.3) is 0 Å². The number of fused-ring (bicyclic) bond motifs is 1. The summed E-state index contributed by atoms with van der Waals surface area (Å²) in [5.41, 5.74) is 6.58. The molecular formula is C10H11BrFNO. The highest BCUT2D eigenvalue weighted by Gasteiger charge is 2.36. The maximum Gasteiger partial charge on any atom is 0.140 e. The van der Waals surface area contributed by atoms with Crippen LogP contribution in [-0.4, -0.2) is 11.7 Å². The van der Waals surface area contributed by atoms with Gasteiger partial charge >= 0.3 is 0 Å². The fourth-order valence-electron chi connectivity index (χ4n) is 1.95. The first-order valence-corrected chi connectivity index (χ1v) is 5.25. The van der Waals surface area contributed by atoms with Crippen molar-refractivity contribution < 1.29 is 9.50 Å². The molecule has 0 aliphatic heterocycles. The standard InChI is InChI=1S/C10H11BrFNO/c11-8-2-1-7-6(9(8)12)3-4-10(7,13)5-14/h1-2,14H,3-5,13H2/t10-/m1/s1. The van der Waals surface area contributed by atoms with E-state index in [0.717, 1.165) is 5.56 Å². The van der Waals surface area contributed by atoms with Gasteiger partial charge in [0.05, 0.1) is 16.6 Å². The Kier molecular flexibility index (Phi) is 2.37. The van der Waals surface area contributed by atoms with Crippen LogP contribution in [0.4, 0.5) is 4.39 Å². The van der Waals surface area contributed by atoms with Gasteiger partial charge in [0.2, 0.25) is 0 Å². The zero-order chi connectivity index (χ0) is 10.3. The number of hydrogen-bond acceptors (Lipinski definition) is 2. The summed E-state index contributed by atoms with van der Waals surface area (Å²) in [7, 11) is 0. The quantitative estimate of drug-likeness (QED) is 0.807. The lowest BCUT2D eigenvalue weighted by atomic mass is 9.94. The second kappa shape index (κ2) is 3.29. The minimum Gasteiger partial charge on any atom is -0.394 e. The van der Waals surface area contributed by atoms with Crippen molar-refractivity contribution in [1.29, 1.82) is 0 Å². The Morgan fingerprint density at radius 1 is 1.57 bits per heavy atom. The van der Waals surface area contributed by atoms with E-state index in [1.54, 1.807) is 12.1 Å². The lowest BCUT2D eigenvalue weighted by Crippen LogP contribution is -2.38. The SMILES string of the molecule is N[C@@]1(CO)CCc2c1ccc(Br)c2F. The third-order valence-electron chi connectivity index (χ3n) is 2.84. The van der Waals surface area contributed by atoms with Gasteiger partial charge < -0.3 is 10.8 Å². The number of aliphatic hydroxyl groups is 1. The van der Waals surface area contributed by atoms with E-state index >= 15 is 0 Å². The molecule has 0 unspecified atom stereocenters. The van der Waals surface area contributed by atoms with Crippen LogP contribution >= 0.6 is 15.9 Å². The van der Waals surface area contributed by atoms with Gasteiger partial charge in [-0.3, -0.25) is 0 Å². The van der Waals surface area contributed by atoms with Crippen molar-refractivity contribution in [3.63, 3.8) is 0 Å². The van der Waals surface area contributed by atoms with Crippen LogP contribution in [0.1, 0.15) is 17.5 Å². The monoisotopic (exact) mass is 259 g/mol. The smallest absolute Gasteiger partial charge is 0.140 e. The zero-order valence-corrected chi connectivity index (χ0v) is 9.14. The van der Waals surface area contributed by atoms with Crippen molar-refractivity contribution in [2.75, 3.05) is 6.61 Å². The topological polar surface area (TPSA) is 46.2 Å². The molecule has 14 heavy (non-hydrogen) atoms. The van der Waals surface area contributed by atoms with Gasteiger partial charge in [0.25, 0.3) is 0 Å². The molecule has 0 amide bonds. The molecule has 0 radical (unpaired) electrons. The summed E-state index contributed by atoms with van der Waals surface area (Å²) in [5, 5.41) is 9.17.